The van der Waals surface area contributed by atoms with E-state index in [1.54, 1.807) is 39.0 Å². The Morgan fingerprint density at radius 3 is 2.53 bits per heavy atom. The molecule has 0 aromatic heterocycles. The van der Waals surface area contributed by atoms with Crippen molar-refractivity contribution in [3.05, 3.63) is 68.4 Å². The van der Waals surface area contributed by atoms with E-state index < -0.39 is 35.2 Å². The smallest absolute Gasteiger partial charge is 0.271 e. The van der Waals surface area contributed by atoms with Crippen LogP contribution in [0.1, 0.15) is 47.3 Å². The quantitative estimate of drug-likeness (QED) is 0.465. The largest absolute Gasteiger partial charge is 0.384 e. The number of imide groups is 1. The van der Waals surface area contributed by atoms with Crippen molar-refractivity contribution in [2.75, 3.05) is 26.9 Å². The van der Waals surface area contributed by atoms with Crippen LogP contribution in [0.25, 0.3) is 0 Å². The number of likely N-dealkylation sites (N-methyl/N-ethyl adjacent to an activating group) is 1. The molecular formula is C26H26Cl2FN3O6. The van der Waals surface area contributed by atoms with Crippen LogP contribution >= 0.6 is 23.2 Å². The number of nitrogens with zero attached hydrogens (tertiary/aromatic N) is 3. The Labute approximate surface area is 229 Å². The van der Waals surface area contributed by atoms with Gasteiger partial charge in [-0.05, 0) is 56.2 Å². The lowest BCUT2D eigenvalue weighted by molar-refractivity contribution is -0.161. The molecule has 0 spiro atoms. The number of benzene rings is 2. The van der Waals surface area contributed by atoms with Crippen molar-refractivity contribution < 1.29 is 33.2 Å². The Morgan fingerprint density at radius 1 is 1.26 bits per heavy atom. The lowest BCUT2D eigenvalue weighted by Gasteiger charge is -2.25. The average Bonchev–Trinajstić information content (AvgIpc) is 3.46. The van der Waals surface area contributed by atoms with Crippen LogP contribution in [0.5, 0.6) is 0 Å². The molecule has 0 radical (unpaired) electrons. The number of hydrogen-bond donors (Lipinski definition) is 0. The highest BCUT2D eigenvalue weighted by molar-refractivity contribution is 6.35. The highest BCUT2D eigenvalue weighted by Crippen LogP contribution is 2.39. The molecule has 2 atom stereocenters. The average molecular weight is 566 g/mol. The third kappa shape index (κ3) is 5.13. The van der Waals surface area contributed by atoms with Gasteiger partial charge in [-0.25, -0.2) is 9.45 Å². The molecule has 4 rings (SSSR count). The van der Waals surface area contributed by atoms with Gasteiger partial charge < -0.3 is 9.57 Å². The molecule has 0 saturated carbocycles. The monoisotopic (exact) mass is 565 g/mol. The van der Waals surface area contributed by atoms with Gasteiger partial charge in [0.25, 0.3) is 17.7 Å². The summed E-state index contributed by atoms with van der Waals surface area (Å²) in [7, 11) is 1.33. The second kappa shape index (κ2) is 11.0. The second-order valence-electron chi connectivity index (χ2n) is 9.17. The van der Waals surface area contributed by atoms with Gasteiger partial charge in [0.05, 0.1) is 15.8 Å². The summed E-state index contributed by atoms with van der Waals surface area (Å²) in [6, 6.07) is 6.81. The van der Waals surface area contributed by atoms with E-state index in [1.807, 2.05) is 0 Å². The van der Waals surface area contributed by atoms with Crippen molar-refractivity contribution >= 4 is 46.6 Å². The molecule has 2 aliphatic rings. The number of aryl methyl sites for hydroxylation is 1. The number of halogens is 3. The molecule has 0 N–H and O–H groups in total. The summed E-state index contributed by atoms with van der Waals surface area (Å²) < 4.78 is 18.8. The van der Waals surface area contributed by atoms with Gasteiger partial charge in [0.2, 0.25) is 0 Å². The summed E-state index contributed by atoms with van der Waals surface area (Å²) in [6.07, 6.45) is 0.331. The van der Waals surface area contributed by atoms with E-state index in [0.717, 1.165) is 9.96 Å². The van der Waals surface area contributed by atoms with Crippen LogP contribution < -0.4 is 0 Å². The van der Waals surface area contributed by atoms with E-state index in [4.69, 9.17) is 37.6 Å². The van der Waals surface area contributed by atoms with Crippen LogP contribution in [0.2, 0.25) is 10.0 Å². The molecule has 0 aliphatic carbocycles. The van der Waals surface area contributed by atoms with Gasteiger partial charge in [0.15, 0.2) is 11.4 Å². The normalized spacial score (nSPS) is 20.9. The number of amides is 3. The zero-order chi connectivity index (χ0) is 27.8. The van der Waals surface area contributed by atoms with Gasteiger partial charge in [-0.1, -0.05) is 34.4 Å². The van der Waals surface area contributed by atoms with Gasteiger partial charge in [0.1, 0.15) is 19.3 Å². The summed E-state index contributed by atoms with van der Waals surface area (Å²) in [5.74, 6) is -2.47. The number of hydroxylamine groups is 2. The lowest BCUT2D eigenvalue weighted by atomic mass is 9.88. The van der Waals surface area contributed by atoms with Crippen LogP contribution in [-0.2, 0) is 29.6 Å². The minimum Gasteiger partial charge on any atom is -0.384 e. The van der Waals surface area contributed by atoms with Gasteiger partial charge in [-0.3, -0.25) is 24.1 Å². The lowest BCUT2D eigenvalue weighted by Crippen LogP contribution is -2.51. The number of rotatable bonds is 7. The molecule has 2 aromatic carbocycles. The van der Waals surface area contributed by atoms with E-state index in [9.17, 15) is 18.8 Å². The molecule has 1 fully saturated rings. The summed E-state index contributed by atoms with van der Waals surface area (Å²) >= 11 is 11.9. The molecule has 2 aromatic rings. The number of carbonyl (C=O) groups is 3. The molecule has 3 amide bonds. The zero-order valence-electron chi connectivity index (χ0n) is 21.2. The van der Waals surface area contributed by atoms with E-state index in [0.29, 0.717) is 28.8 Å². The van der Waals surface area contributed by atoms with Crippen molar-refractivity contribution in [1.29, 1.82) is 0 Å². The topological polar surface area (TPSA) is 97.7 Å². The molecule has 202 valence electrons. The Morgan fingerprint density at radius 2 is 1.95 bits per heavy atom. The van der Waals surface area contributed by atoms with Crippen molar-refractivity contribution in [3.8, 4) is 0 Å². The van der Waals surface area contributed by atoms with Gasteiger partial charge in [-0.2, -0.15) is 0 Å². The summed E-state index contributed by atoms with van der Waals surface area (Å²) in [5, 5.41) is 5.10. The van der Waals surface area contributed by atoms with E-state index in [-0.39, 0.29) is 35.4 Å². The molecular weight excluding hydrogens is 540 g/mol. The zero-order valence-corrected chi connectivity index (χ0v) is 22.7. The van der Waals surface area contributed by atoms with E-state index in [1.165, 1.54) is 19.2 Å². The van der Waals surface area contributed by atoms with E-state index in [2.05, 4.69) is 5.16 Å². The predicted octanol–water partition coefficient (Wildman–Crippen LogP) is 4.26. The SMILES string of the molecule is CCN1OC[C@@H](N(C(=O)COC)C(=O)c2ccc(C3=NOC(C)(c4cc(Cl)c(F)c(Cl)c4)C3)cc2C)C1=O. The highest BCUT2D eigenvalue weighted by Gasteiger charge is 2.43. The fraction of sp³-hybridized carbons (Fsp3) is 0.385. The molecule has 12 heteroatoms. The van der Waals surface area contributed by atoms with Crippen molar-refractivity contribution in [2.24, 2.45) is 5.16 Å². The first-order valence-electron chi connectivity index (χ1n) is 11.8. The van der Waals surface area contributed by atoms with E-state index >= 15 is 0 Å². The molecule has 2 heterocycles. The van der Waals surface area contributed by atoms with Gasteiger partial charge in [0, 0.05) is 31.2 Å². The standard InChI is InChI=1S/C26H26Cl2FN3O6/c1-5-31-25(35)21(12-37-31)32(22(33)13-36-4)24(34)17-7-6-15(8-14(17)2)20-11-26(3,38-30-20)16-9-18(27)23(29)19(28)10-16/h6-10,21H,5,11-13H2,1-4H3/t21-,26?/m1/s1. The maximum atomic E-state index is 13.9. The minimum atomic E-state index is -1.09. The van der Waals surface area contributed by atoms with Gasteiger partial charge in [-0.15, -0.1) is 0 Å². The van der Waals surface area contributed by atoms with Crippen LogP contribution in [0.15, 0.2) is 35.5 Å². The van der Waals surface area contributed by atoms with Crippen LogP contribution in [-0.4, -0.2) is 66.3 Å². The van der Waals surface area contributed by atoms with Crippen molar-refractivity contribution in [2.45, 2.75) is 38.8 Å². The van der Waals surface area contributed by atoms with Crippen LogP contribution in [0.3, 0.4) is 0 Å². The molecule has 38 heavy (non-hydrogen) atoms. The Kier molecular flexibility index (Phi) is 8.08. The number of ether oxygens (including phenoxy) is 1. The third-order valence-corrected chi connectivity index (χ3v) is 7.07. The number of hydrogen-bond acceptors (Lipinski definition) is 7. The Hall–Kier alpha value is -3.05. The number of methoxy groups -OCH3 is 1. The molecule has 0 bridgehead atoms. The number of carbonyl (C=O) groups excluding carboxylic acids is 3. The number of oxime groups is 1. The first-order valence-corrected chi connectivity index (χ1v) is 12.6. The predicted molar refractivity (Wildman–Crippen MR) is 137 cm³/mol. The fourth-order valence-electron chi connectivity index (χ4n) is 4.44. The minimum absolute atomic E-state index is 0.120. The molecule has 1 unspecified atom stereocenters. The second-order valence-corrected chi connectivity index (χ2v) is 9.98. The summed E-state index contributed by atoms with van der Waals surface area (Å²) in [5.41, 5.74) is 1.71. The maximum absolute atomic E-state index is 13.9. The summed E-state index contributed by atoms with van der Waals surface area (Å²) in [4.78, 5) is 51.0. The maximum Gasteiger partial charge on any atom is 0.271 e. The third-order valence-electron chi connectivity index (χ3n) is 6.52. The van der Waals surface area contributed by atoms with Gasteiger partial charge >= 0.3 is 0 Å². The van der Waals surface area contributed by atoms with Crippen LogP contribution in [0.4, 0.5) is 4.39 Å². The highest BCUT2D eigenvalue weighted by atomic mass is 35.5. The van der Waals surface area contributed by atoms with Crippen molar-refractivity contribution in [1.82, 2.24) is 9.96 Å². The molecule has 9 nitrogen and oxygen atoms in total. The van der Waals surface area contributed by atoms with Crippen LogP contribution in [0, 0.1) is 12.7 Å². The first-order chi connectivity index (χ1) is 18.0. The molecule has 1 saturated heterocycles. The Bertz CT molecular complexity index is 1310. The first kappa shape index (κ1) is 28.0. The van der Waals surface area contributed by atoms with Crippen molar-refractivity contribution in [3.63, 3.8) is 0 Å². The Balaban J connectivity index is 1.58. The fourth-order valence-corrected chi connectivity index (χ4v) is 4.93. The summed E-state index contributed by atoms with van der Waals surface area (Å²) in [6.45, 7) is 5.01. The molecule has 2 aliphatic heterocycles.